The Morgan fingerprint density at radius 1 is 1.62 bits per heavy atom. The third kappa shape index (κ3) is 3.94. The summed E-state index contributed by atoms with van der Waals surface area (Å²) in [5, 5.41) is 12.3. The summed E-state index contributed by atoms with van der Waals surface area (Å²) in [6.07, 6.45) is 1.52. The highest BCUT2D eigenvalue weighted by Crippen LogP contribution is 2.15. The van der Waals surface area contributed by atoms with Gasteiger partial charge >= 0.3 is 0 Å². The van der Waals surface area contributed by atoms with Gasteiger partial charge in [0.2, 0.25) is 0 Å². The van der Waals surface area contributed by atoms with Crippen LogP contribution in [-0.4, -0.2) is 17.9 Å². The van der Waals surface area contributed by atoms with Crippen LogP contribution >= 0.6 is 12.2 Å². The largest absolute Gasteiger partial charge is 0.478 e. The molecule has 0 fully saturated rings. The molecule has 1 aromatic carbocycles. The van der Waals surface area contributed by atoms with E-state index in [9.17, 15) is 0 Å². The number of thiocarbonyl (C=S) groups is 1. The van der Waals surface area contributed by atoms with Crippen molar-refractivity contribution in [2.75, 3.05) is 6.61 Å². The van der Waals surface area contributed by atoms with Gasteiger partial charge in [-0.2, -0.15) is 10.4 Å². The maximum atomic E-state index is 8.41. The van der Waals surface area contributed by atoms with Crippen molar-refractivity contribution in [2.45, 2.75) is 0 Å². The van der Waals surface area contributed by atoms with Crippen LogP contribution < -0.4 is 15.9 Å². The molecule has 0 aliphatic heterocycles. The molecule has 0 saturated heterocycles. The van der Waals surface area contributed by atoms with Crippen molar-refractivity contribution in [1.82, 2.24) is 5.43 Å². The average Bonchev–Trinajstić information content (AvgIpc) is 2.27. The number of nitriles is 1. The van der Waals surface area contributed by atoms with Crippen molar-refractivity contribution in [2.24, 2.45) is 10.8 Å². The maximum absolute atomic E-state index is 8.41. The topological polar surface area (TPSA) is 83.4 Å². The lowest BCUT2D eigenvalue weighted by Crippen LogP contribution is -2.24. The predicted octanol–water partition coefficient (Wildman–Crippen LogP) is 0.756. The van der Waals surface area contributed by atoms with E-state index in [0.717, 1.165) is 5.56 Å². The Morgan fingerprint density at radius 2 is 2.38 bits per heavy atom. The Bertz CT molecular complexity index is 439. The molecular formula is C10H10N4OS. The standard InChI is InChI=1S/C10H10N4OS/c11-5-6-15-9-4-2-1-3-8(9)7-13-14-10(12)16/h1-4,7H,6H2,(H3,12,14,16)/b13-7+. The fraction of sp³-hybridized carbons (Fsp3) is 0.100. The number of rotatable bonds is 4. The van der Waals surface area contributed by atoms with Crippen LogP contribution in [0.4, 0.5) is 0 Å². The highest BCUT2D eigenvalue weighted by atomic mass is 32.1. The van der Waals surface area contributed by atoms with Gasteiger partial charge in [-0.1, -0.05) is 12.1 Å². The molecule has 1 aromatic rings. The van der Waals surface area contributed by atoms with Crippen molar-refractivity contribution >= 4 is 23.5 Å². The van der Waals surface area contributed by atoms with Gasteiger partial charge in [0.15, 0.2) is 11.7 Å². The third-order valence-corrected chi connectivity index (χ3v) is 1.68. The van der Waals surface area contributed by atoms with E-state index in [-0.39, 0.29) is 11.7 Å². The molecule has 0 atom stereocenters. The zero-order valence-electron chi connectivity index (χ0n) is 8.38. The highest BCUT2D eigenvalue weighted by molar-refractivity contribution is 7.80. The van der Waals surface area contributed by atoms with Gasteiger partial charge in [0.25, 0.3) is 0 Å². The first-order chi connectivity index (χ1) is 7.74. The second-order valence-corrected chi connectivity index (χ2v) is 3.16. The van der Waals surface area contributed by atoms with E-state index in [1.54, 1.807) is 12.1 Å². The summed E-state index contributed by atoms with van der Waals surface area (Å²) in [7, 11) is 0. The first-order valence-electron chi connectivity index (χ1n) is 4.41. The molecule has 0 heterocycles. The molecule has 1 rings (SSSR count). The molecular weight excluding hydrogens is 224 g/mol. The number of nitrogens with zero attached hydrogens (tertiary/aromatic N) is 2. The smallest absolute Gasteiger partial charge is 0.184 e. The minimum absolute atomic E-state index is 0.00637. The monoisotopic (exact) mass is 234 g/mol. The number of hydrogen-bond donors (Lipinski definition) is 2. The van der Waals surface area contributed by atoms with Crippen molar-refractivity contribution in [3.05, 3.63) is 29.8 Å². The van der Waals surface area contributed by atoms with Crippen molar-refractivity contribution < 1.29 is 4.74 Å². The van der Waals surface area contributed by atoms with E-state index >= 15 is 0 Å². The molecule has 0 radical (unpaired) electrons. The maximum Gasteiger partial charge on any atom is 0.184 e. The second kappa shape index (κ2) is 6.37. The number of nitrogens with one attached hydrogen (secondary N) is 1. The fourth-order valence-electron chi connectivity index (χ4n) is 0.994. The van der Waals surface area contributed by atoms with E-state index in [1.807, 2.05) is 18.2 Å². The Labute approximate surface area is 98.5 Å². The summed E-state index contributed by atoms with van der Waals surface area (Å²) in [5.41, 5.74) is 8.38. The van der Waals surface area contributed by atoms with E-state index in [0.29, 0.717) is 5.75 Å². The third-order valence-electron chi connectivity index (χ3n) is 1.59. The number of hydrazone groups is 1. The minimum Gasteiger partial charge on any atom is -0.478 e. The Balaban J connectivity index is 2.74. The van der Waals surface area contributed by atoms with Crippen LogP contribution in [0.25, 0.3) is 0 Å². The lowest BCUT2D eigenvalue weighted by atomic mass is 10.2. The molecule has 3 N–H and O–H groups in total. The van der Waals surface area contributed by atoms with Crippen LogP contribution in [-0.2, 0) is 0 Å². The summed E-state index contributed by atoms with van der Waals surface area (Å²) in [6, 6.07) is 9.09. The van der Waals surface area contributed by atoms with Crippen LogP contribution in [0.15, 0.2) is 29.4 Å². The van der Waals surface area contributed by atoms with Gasteiger partial charge in [0.05, 0.1) is 6.21 Å². The van der Waals surface area contributed by atoms with Crippen LogP contribution in [0, 0.1) is 11.3 Å². The fourth-order valence-corrected chi connectivity index (χ4v) is 1.05. The lowest BCUT2D eigenvalue weighted by molar-refractivity contribution is 0.367. The first-order valence-corrected chi connectivity index (χ1v) is 4.82. The summed E-state index contributed by atoms with van der Waals surface area (Å²) in [4.78, 5) is 0. The van der Waals surface area contributed by atoms with Crippen LogP contribution in [0.5, 0.6) is 5.75 Å². The van der Waals surface area contributed by atoms with Gasteiger partial charge in [-0.3, -0.25) is 5.43 Å². The summed E-state index contributed by atoms with van der Waals surface area (Å²) < 4.78 is 5.20. The molecule has 0 aromatic heterocycles. The number of hydrogen-bond acceptors (Lipinski definition) is 4. The van der Waals surface area contributed by atoms with Gasteiger partial charge in [-0.15, -0.1) is 0 Å². The van der Waals surface area contributed by atoms with Crippen LogP contribution in [0.3, 0.4) is 0 Å². The molecule has 0 bridgehead atoms. The molecule has 6 heteroatoms. The first kappa shape index (κ1) is 11.9. The predicted molar refractivity (Wildman–Crippen MR) is 65.1 cm³/mol. The molecule has 0 saturated carbocycles. The Kier molecular flexibility index (Phi) is 4.76. The molecule has 0 amide bonds. The lowest BCUT2D eigenvalue weighted by Gasteiger charge is -2.04. The van der Waals surface area contributed by atoms with E-state index in [1.165, 1.54) is 6.21 Å². The van der Waals surface area contributed by atoms with Crippen molar-refractivity contribution in [3.8, 4) is 11.8 Å². The van der Waals surface area contributed by atoms with Crippen molar-refractivity contribution in [3.63, 3.8) is 0 Å². The van der Waals surface area contributed by atoms with Gasteiger partial charge < -0.3 is 10.5 Å². The molecule has 0 aliphatic rings. The average molecular weight is 234 g/mol. The van der Waals surface area contributed by atoms with Gasteiger partial charge in [-0.25, -0.2) is 0 Å². The molecule has 0 aliphatic carbocycles. The van der Waals surface area contributed by atoms with Gasteiger partial charge in [0.1, 0.15) is 11.8 Å². The van der Waals surface area contributed by atoms with E-state index in [2.05, 4.69) is 22.7 Å². The van der Waals surface area contributed by atoms with Crippen LogP contribution in [0.2, 0.25) is 0 Å². The van der Waals surface area contributed by atoms with E-state index < -0.39 is 0 Å². The normalized spacial score (nSPS) is 9.69. The number of benzene rings is 1. The Morgan fingerprint density at radius 3 is 3.06 bits per heavy atom. The Hall–Kier alpha value is -2.13. The summed E-state index contributed by atoms with van der Waals surface area (Å²) in [5.74, 6) is 0.581. The summed E-state index contributed by atoms with van der Waals surface area (Å²) in [6.45, 7) is -0.00637. The quantitative estimate of drug-likeness (QED) is 0.456. The SMILES string of the molecule is N#CCOc1ccccc1/C=N/NC(N)=S. The second-order valence-electron chi connectivity index (χ2n) is 2.72. The number of para-hydroxylation sites is 1. The number of nitrogens with two attached hydrogens (primary N) is 1. The molecule has 0 spiro atoms. The van der Waals surface area contributed by atoms with Crippen LogP contribution in [0.1, 0.15) is 5.56 Å². The molecule has 0 unspecified atom stereocenters. The molecule has 16 heavy (non-hydrogen) atoms. The van der Waals surface area contributed by atoms with Gasteiger partial charge in [-0.05, 0) is 24.4 Å². The van der Waals surface area contributed by atoms with Gasteiger partial charge in [0, 0.05) is 5.56 Å². The number of ether oxygens (including phenoxy) is 1. The minimum atomic E-state index is -0.00637. The zero-order valence-corrected chi connectivity index (χ0v) is 9.20. The molecule has 82 valence electrons. The zero-order chi connectivity index (χ0) is 11.8. The highest BCUT2D eigenvalue weighted by Gasteiger charge is 1.99. The van der Waals surface area contributed by atoms with Crippen molar-refractivity contribution in [1.29, 1.82) is 5.26 Å². The summed E-state index contributed by atoms with van der Waals surface area (Å²) >= 11 is 4.59. The van der Waals surface area contributed by atoms with E-state index in [4.69, 9.17) is 15.7 Å². The molecule has 5 nitrogen and oxygen atoms in total.